The molecule has 118 valence electrons. The van der Waals surface area contributed by atoms with Crippen molar-refractivity contribution in [3.8, 4) is 5.75 Å². The van der Waals surface area contributed by atoms with Crippen LogP contribution in [0.3, 0.4) is 0 Å². The first kappa shape index (κ1) is 15.6. The molecule has 6 heteroatoms. The fourth-order valence-corrected chi connectivity index (χ4v) is 2.71. The van der Waals surface area contributed by atoms with Crippen LogP contribution in [0.2, 0.25) is 0 Å². The van der Waals surface area contributed by atoms with Crippen LogP contribution in [0.5, 0.6) is 5.75 Å². The third-order valence-electron chi connectivity index (χ3n) is 3.47. The lowest BCUT2D eigenvalue weighted by Gasteiger charge is -2.25. The summed E-state index contributed by atoms with van der Waals surface area (Å²) in [6.07, 6.45) is -0.895. The van der Waals surface area contributed by atoms with Crippen molar-refractivity contribution in [1.29, 1.82) is 0 Å². The van der Waals surface area contributed by atoms with Gasteiger partial charge in [-0.25, -0.2) is 0 Å². The summed E-state index contributed by atoms with van der Waals surface area (Å²) in [5.74, 6) is -0.0214. The summed E-state index contributed by atoms with van der Waals surface area (Å²) in [5, 5.41) is 5.54. The summed E-state index contributed by atoms with van der Waals surface area (Å²) in [6, 6.07) is 12.8. The number of benzene rings is 2. The number of hydrogen-bond acceptors (Lipinski definition) is 3. The quantitative estimate of drug-likeness (QED) is 0.863. The Morgan fingerprint density at radius 1 is 1.30 bits per heavy atom. The molecule has 1 unspecified atom stereocenters. The summed E-state index contributed by atoms with van der Waals surface area (Å²) in [4.78, 5) is 24.3. The predicted molar refractivity (Wildman–Crippen MR) is 91.6 cm³/mol. The van der Waals surface area contributed by atoms with Gasteiger partial charge in [-0.1, -0.05) is 18.2 Å². The Kier molecular flexibility index (Phi) is 4.34. The number of fused-ring (bicyclic) bond motifs is 1. The van der Waals surface area contributed by atoms with Crippen molar-refractivity contribution in [2.45, 2.75) is 19.4 Å². The van der Waals surface area contributed by atoms with E-state index in [9.17, 15) is 9.59 Å². The Morgan fingerprint density at radius 3 is 2.87 bits per heavy atom. The Labute approximate surface area is 142 Å². The molecule has 0 aromatic heterocycles. The predicted octanol–water partition coefficient (Wildman–Crippen LogP) is 3.49. The van der Waals surface area contributed by atoms with Crippen molar-refractivity contribution in [2.24, 2.45) is 0 Å². The minimum Gasteiger partial charge on any atom is -0.478 e. The first-order valence-electron chi connectivity index (χ1n) is 7.15. The maximum absolute atomic E-state index is 12.2. The molecule has 1 heterocycles. The zero-order chi connectivity index (χ0) is 16.4. The molecular weight excluding hydrogens is 360 g/mol. The zero-order valence-corrected chi connectivity index (χ0v) is 14.0. The van der Waals surface area contributed by atoms with E-state index in [1.165, 1.54) is 0 Å². The molecule has 0 spiro atoms. The largest absolute Gasteiger partial charge is 0.478 e. The average molecular weight is 375 g/mol. The smallest absolute Gasteiger partial charge is 0.266 e. The lowest BCUT2D eigenvalue weighted by Crippen LogP contribution is -2.39. The highest BCUT2D eigenvalue weighted by Crippen LogP contribution is 2.31. The Morgan fingerprint density at radius 2 is 2.09 bits per heavy atom. The molecule has 1 aliphatic heterocycles. The molecule has 0 fully saturated rings. The van der Waals surface area contributed by atoms with Crippen molar-refractivity contribution in [3.05, 3.63) is 52.5 Å². The third-order valence-corrected chi connectivity index (χ3v) is 4.16. The SMILES string of the molecule is Cc1ccc2c(c1)NC(=O)C(CC(=O)Nc1ccccc1Br)O2. The molecule has 2 aromatic rings. The maximum atomic E-state index is 12.2. The number of amides is 2. The van der Waals surface area contributed by atoms with Crippen molar-refractivity contribution in [3.63, 3.8) is 0 Å². The average Bonchev–Trinajstić information content (AvgIpc) is 2.50. The molecule has 2 amide bonds. The molecule has 0 saturated carbocycles. The van der Waals surface area contributed by atoms with E-state index in [4.69, 9.17) is 4.74 Å². The number of halogens is 1. The highest BCUT2D eigenvalue weighted by Gasteiger charge is 2.29. The van der Waals surface area contributed by atoms with E-state index in [0.717, 1.165) is 10.0 Å². The normalized spacial score (nSPS) is 16.1. The van der Waals surface area contributed by atoms with Gasteiger partial charge in [-0.15, -0.1) is 0 Å². The number of hydrogen-bond donors (Lipinski definition) is 2. The molecule has 0 radical (unpaired) electrons. The monoisotopic (exact) mass is 374 g/mol. The van der Waals surface area contributed by atoms with Crippen LogP contribution < -0.4 is 15.4 Å². The number of para-hydroxylation sites is 1. The highest BCUT2D eigenvalue weighted by molar-refractivity contribution is 9.10. The van der Waals surface area contributed by atoms with E-state index in [0.29, 0.717) is 17.1 Å². The number of carbonyl (C=O) groups is 2. The van der Waals surface area contributed by atoms with Gasteiger partial charge < -0.3 is 15.4 Å². The molecule has 1 aliphatic rings. The summed E-state index contributed by atoms with van der Waals surface area (Å²) >= 11 is 3.36. The fourth-order valence-electron chi connectivity index (χ4n) is 2.33. The van der Waals surface area contributed by atoms with Gasteiger partial charge in [0.05, 0.1) is 17.8 Å². The van der Waals surface area contributed by atoms with Crippen LogP contribution in [0.25, 0.3) is 0 Å². The highest BCUT2D eigenvalue weighted by atomic mass is 79.9. The number of rotatable bonds is 3. The molecule has 0 bridgehead atoms. The zero-order valence-electron chi connectivity index (χ0n) is 12.4. The Balaban J connectivity index is 1.68. The van der Waals surface area contributed by atoms with Crippen molar-refractivity contribution in [2.75, 3.05) is 10.6 Å². The molecule has 2 N–H and O–H groups in total. The van der Waals surface area contributed by atoms with Gasteiger partial charge in [0.25, 0.3) is 5.91 Å². The number of nitrogens with one attached hydrogen (secondary N) is 2. The van der Waals surface area contributed by atoms with Gasteiger partial charge in [-0.3, -0.25) is 9.59 Å². The Bertz CT molecular complexity index is 776. The van der Waals surface area contributed by atoms with Gasteiger partial charge in [-0.05, 0) is 52.7 Å². The molecule has 2 aromatic carbocycles. The lowest BCUT2D eigenvalue weighted by atomic mass is 10.1. The summed E-state index contributed by atoms with van der Waals surface area (Å²) in [5.41, 5.74) is 2.32. The van der Waals surface area contributed by atoms with Crippen LogP contribution in [0.4, 0.5) is 11.4 Å². The molecule has 23 heavy (non-hydrogen) atoms. The van der Waals surface area contributed by atoms with Gasteiger partial charge in [0, 0.05) is 4.47 Å². The van der Waals surface area contributed by atoms with Crippen LogP contribution in [-0.2, 0) is 9.59 Å². The number of aryl methyl sites for hydroxylation is 1. The van der Waals surface area contributed by atoms with Crippen molar-refractivity contribution < 1.29 is 14.3 Å². The first-order chi connectivity index (χ1) is 11.0. The van der Waals surface area contributed by atoms with Gasteiger partial charge >= 0.3 is 0 Å². The second-order valence-electron chi connectivity index (χ2n) is 5.33. The van der Waals surface area contributed by atoms with Crippen LogP contribution in [0.1, 0.15) is 12.0 Å². The molecular formula is C17H15BrN2O3. The summed E-state index contributed by atoms with van der Waals surface area (Å²) in [6.45, 7) is 1.93. The molecule has 1 atom stereocenters. The minimum atomic E-state index is -0.840. The molecule has 3 rings (SSSR count). The van der Waals surface area contributed by atoms with Crippen LogP contribution in [-0.4, -0.2) is 17.9 Å². The number of carbonyl (C=O) groups excluding carboxylic acids is 2. The van der Waals surface area contributed by atoms with Gasteiger partial charge in [-0.2, -0.15) is 0 Å². The molecule has 5 nitrogen and oxygen atoms in total. The first-order valence-corrected chi connectivity index (χ1v) is 7.95. The Hall–Kier alpha value is -2.34. The van der Waals surface area contributed by atoms with Gasteiger partial charge in [0.15, 0.2) is 6.10 Å². The van der Waals surface area contributed by atoms with E-state index in [2.05, 4.69) is 26.6 Å². The van der Waals surface area contributed by atoms with E-state index >= 15 is 0 Å². The maximum Gasteiger partial charge on any atom is 0.266 e. The van der Waals surface area contributed by atoms with Gasteiger partial charge in [0.1, 0.15) is 5.75 Å². The standard InChI is InChI=1S/C17H15BrN2O3/c1-10-6-7-14-13(8-10)20-17(22)15(23-14)9-16(21)19-12-5-3-2-4-11(12)18/h2-8,15H,9H2,1H3,(H,19,21)(H,20,22). The van der Waals surface area contributed by atoms with E-state index < -0.39 is 6.10 Å². The van der Waals surface area contributed by atoms with Crippen molar-refractivity contribution >= 4 is 39.1 Å². The van der Waals surface area contributed by atoms with Crippen LogP contribution in [0, 0.1) is 6.92 Å². The van der Waals surface area contributed by atoms with E-state index in [-0.39, 0.29) is 18.2 Å². The van der Waals surface area contributed by atoms with Gasteiger partial charge in [0.2, 0.25) is 5.91 Å². The minimum absolute atomic E-state index is 0.0551. The van der Waals surface area contributed by atoms with Crippen LogP contribution in [0.15, 0.2) is 46.9 Å². The van der Waals surface area contributed by atoms with Crippen molar-refractivity contribution in [1.82, 2.24) is 0 Å². The summed E-state index contributed by atoms with van der Waals surface area (Å²) < 4.78 is 6.43. The van der Waals surface area contributed by atoms with E-state index in [1.807, 2.05) is 37.3 Å². The second-order valence-corrected chi connectivity index (χ2v) is 6.18. The fraction of sp³-hybridized carbons (Fsp3) is 0.176. The molecule has 0 saturated heterocycles. The topological polar surface area (TPSA) is 67.4 Å². The lowest BCUT2D eigenvalue weighted by molar-refractivity contribution is -0.128. The second kappa shape index (κ2) is 6.42. The summed E-state index contributed by atoms with van der Waals surface area (Å²) in [7, 11) is 0. The number of anilines is 2. The van der Waals surface area contributed by atoms with Crippen LogP contribution >= 0.6 is 15.9 Å². The third kappa shape index (κ3) is 3.53. The molecule has 0 aliphatic carbocycles. The van der Waals surface area contributed by atoms with E-state index in [1.54, 1.807) is 12.1 Å². The number of ether oxygens (including phenoxy) is 1.